The largest absolute Gasteiger partial charge is 0.369 e. The molecule has 0 saturated carbocycles. The third-order valence-electron chi connectivity index (χ3n) is 3.26. The van der Waals surface area contributed by atoms with Crippen molar-refractivity contribution in [1.29, 1.82) is 0 Å². The second-order valence-corrected chi connectivity index (χ2v) is 7.95. The summed E-state index contributed by atoms with van der Waals surface area (Å²) in [6.45, 7) is 2.78. The maximum Gasteiger partial charge on any atom is 0.196 e. The molecule has 1 unspecified atom stereocenters. The van der Waals surface area contributed by atoms with Crippen LogP contribution >= 0.6 is 43.2 Å². The first-order valence-electron chi connectivity index (χ1n) is 6.17. The molecule has 0 amide bonds. The molecule has 1 aromatic carbocycles. The van der Waals surface area contributed by atoms with Gasteiger partial charge in [0.25, 0.3) is 0 Å². The average molecular weight is 415 g/mol. The van der Waals surface area contributed by atoms with E-state index in [1.807, 2.05) is 6.07 Å². The quantitative estimate of drug-likeness (QED) is 0.788. The zero-order valence-electron chi connectivity index (χ0n) is 10.8. The second kappa shape index (κ2) is 5.50. The third kappa shape index (κ3) is 2.52. The van der Waals surface area contributed by atoms with E-state index in [4.69, 9.17) is 5.73 Å². The van der Waals surface area contributed by atoms with E-state index in [0.717, 1.165) is 13.9 Å². The number of guanidine groups is 1. The molecule has 3 rings (SSSR count). The van der Waals surface area contributed by atoms with Gasteiger partial charge in [0.05, 0.1) is 16.4 Å². The van der Waals surface area contributed by atoms with Crippen molar-refractivity contribution in [2.24, 2.45) is 10.7 Å². The molecule has 1 atom stereocenters. The van der Waals surface area contributed by atoms with Gasteiger partial charge in [-0.15, -0.1) is 11.3 Å². The van der Waals surface area contributed by atoms with Gasteiger partial charge in [-0.25, -0.2) is 0 Å². The summed E-state index contributed by atoms with van der Waals surface area (Å²) in [7, 11) is 0. The van der Waals surface area contributed by atoms with E-state index in [-0.39, 0.29) is 6.04 Å². The first kappa shape index (κ1) is 14.1. The van der Waals surface area contributed by atoms with Crippen LogP contribution in [-0.4, -0.2) is 12.5 Å². The molecule has 104 valence electrons. The van der Waals surface area contributed by atoms with E-state index >= 15 is 0 Å². The highest BCUT2D eigenvalue weighted by molar-refractivity contribution is 9.13. The highest BCUT2D eigenvalue weighted by Gasteiger charge is 2.30. The van der Waals surface area contributed by atoms with Crippen LogP contribution in [-0.2, 0) is 0 Å². The average Bonchev–Trinajstić information content (AvgIpc) is 2.93. The lowest BCUT2D eigenvalue weighted by Crippen LogP contribution is -2.35. The van der Waals surface area contributed by atoms with Crippen LogP contribution in [0.3, 0.4) is 0 Å². The molecule has 3 nitrogen and oxygen atoms in total. The minimum absolute atomic E-state index is 0.171. The van der Waals surface area contributed by atoms with E-state index in [9.17, 15) is 0 Å². The molecule has 2 heterocycles. The van der Waals surface area contributed by atoms with Crippen LogP contribution in [0.15, 0.2) is 43.6 Å². The zero-order chi connectivity index (χ0) is 14.3. The molecule has 0 radical (unpaired) electrons. The van der Waals surface area contributed by atoms with Crippen molar-refractivity contribution in [2.75, 3.05) is 11.4 Å². The van der Waals surface area contributed by atoms with Gasteiger partial charge < -0.3 is 10.6 Å². The number of nitrogens with zero attached hydrogens (tertiary/aromatic N) is 2. The van der Waals surface area contributed by atoms with E-state index in [0.29, 0.717) is 12.5 Å². The minimum atomic E-state index is 0.171. The summed E-state index contributed by atoms with van der Waals surface area (Å²) in [6.07, 6.45) is 0. The van der Waals surface area contributed by atoms with Crippen molar-refractivity contribution in [1.82, 2.24) is 0 Å². The Bertz CT molecular complexity index is 661. The number of nitrogens with two attached hydrogens (primary N) is 1. The molecule has 1 aliphatic heterocycles. The number of rotatable bonds is 2. The number of hydrogen-bond acceptors (Lipinski definition) is 4. The fourth-order valence-electron chi connectivity index (χ4n) is 2.33. The lowest BCUT2D eigenvalue weighted by molar-refractivity contribution is 0.784. The Morgan fingerprint density at radius 1 is 1.35 bits per heavy atom. The first-order valence-corrected chi connectivity index (χ1v) is 8.57. The molecule has 2 aromatic rings. The van der Waals surface area contributed by atoms with Crippen molar-refractivity contribution in [3.05, 3.63) is 49.0 Å². The van der Waals surface area contributed by atoms with Gasteiger partial charge in [0.2, 0.25) is 0 Å². The topological polar surface area (TPSA) is 41.6 Å². The van der Waals surface area contributed by atoms with Crippen LogP contribution in [0, 0.1) is 6.92 Å². The molecular weight excluding hydrogens is 402 g/mol. The lowest BCUT2D eigenvalue weighted by Gasteiger charge is -2.25. The number of anilines is 1. The van der Waals surface area contributed by atoms with Crippen molar-refractivity contribution < 1.29 is 0 Å². The normalized spacial score (nSPS) is 18.4. The zero-order valence-corrected chi connectivity index (χ0v) is 14.8. The summed E-state index contributed by atoms with van der Waals surface area (Å²) >= 11 is 8.81. The molecule has 0 bridgehead atoms. The van der Waals surface area contributed by atoms with E-state index < -0.39 is 0 Å². The Kier molecular flexibility index (Phi) is 3.88. The standard InChI is InChI=1S/C14H13Br2N3S/c1-8-3-2-4-9(5-8)19-11(7-18-14(19)17)12-6-10(15)13(16)20-12/h2-6,11H,7H2,1H3,(H2,17,18). The fraction of sp³-hybridized carbons (Fsp3) is 0.214. The van der Waals surface area contributed by atoms with E-state index in [1.165, 1.54) is 10.4 Å². The summed E-state index contributed by atoms with van der Waals surface area (Å²) in [5.41, 5.74) is 8.40. The molecule has 0 aliphatic carbocycles. The van der Waals surface area contributed by atoms with Crippen molar-refractivity contribution in [3.63, 3.8) is 0 Å². The Labute approximate surface area is 138 Å². The van der Waals surface area contributed by atoms with E-state index in [1.54, 1.807) is 11.3 Å². The highest BCUT2D eigenvalue weighted by Crippen LogP contribution is 2.40. The van der Waals surface area contributed by atoms with Crippen LogP contribution in [0.25, 0.3) is 0 Å². The Hall–Kier alpha value is -0.850. The lowest BCUT2D eigenvalue weighted by atomic mass is 10.1. The van der Waals surface area contributed by atoms with Gasteiger partial charge in [0.15, 0.2) is 5.96 Å². The molecule has 0 spiro atoms. The second-order valence-electron chi connectivity index (χ2n) is 4.69. The van der Waals surface area contributed by atoms with Crippen LogP contribution in [0.5, 0.6) is 0 Å². The summed E-state index contributed by atoms with van der Waals surface area (Å²) in [4.78, 5) is 7.77. The van der Waals surface area contributed by atoms with Crippen molar-refractivity contribution in [3.8, 4) is 0 Å². The third-order valence-corrected chi connectivity index (χ3v) is 6.61. The monoisotopic (exact) mass is 413 g/mol. The SMILES string of the molecule is Cc1cccc(N2C(N)=NCC2c2cc(Br)c(Br)s2)c1. The number of thiophene rings is 1. The van der Waals surface area contributed by atoms with Crippen molar-refractivity contribution in [2.45, 2.75) is 13.0 Å². The van der Waals surface area contributed by atoms with Crippen molar-refractivity contribution >= 4 is 54.8 Å². The molecular formula is C14H13Br2N3S. The first-order chi connectivity index (χ1) is 9.56. The molecule has 0 saturated heterocycles. The van der Waals surface area contributed by atoms with Gasteiger partial charge in [0.1, 0.15) is 0 Å². The van der Waals surface area contributed by atoms with Crippen LogP contribution in [0.2, 0.25) is 0 Å². The summed E-state index contributed by atoms with van der Waals surface area (Å²) in [5, 5.41) is 0. The summed E-state index contributed by atoms with van der Waals surface area (Å²) < 4.78 is 2.18. The van der Waals surface area contributed by atoms with Gasteiger partial charge in [-0.3, -0.25) is 4.99 Å². The van der Waals surface area contributed by atoms with Crippen LogP contribution < -0.4 is 10.6 Å². The molecule has 2 N–H and O–H groups in total. The summed E-state index contributed by atoms with van der Waals surface area (Å²) in [5.74, 6) is 0.584. The predicted octanol–water partition coefficient (Wildman–Crippen LogP) is 4.46. The number of halogens is 2. The minimum Gasteiger partial charge on any atom is -0.369 e. The Morgan fingerprint density at radius 3 is 2.80 bits per heavy atom. The number of benzene rings is 1. The molecule has 6 heteroatoms. The van der Waals surface area contributed by atoms with Gasteiger partial charge in [0, 0.05) is 15.0 Å². The van der Waals surface area contributed by atoms with Gasteiger partial charge in [-0.1, -0.05) is 12.1 Å². The number of hydrogen-bond donors (Lipinski definition) is 1. The van der Waals surface area contributed by atoms with Crippen LogP contribution in [0.4, 0.5) is 5.69 Å². The van der Waals surface area contributed by atoms with Gasteiger partial charge in [-0.05, 0) is 62.5 Å². The van der Waals surface area contributed by atoms with Crippen LogP contribution in [0.1, 0.15) is 16.5 Å². The highest BCUT2D eigenvalue weighted by atomic mass is 79.9. The molecule has 1 aromatic heterocycles. The van der Waals surface area contributed by atoms with Gasteiger partial charge >= 0.3 is 0 Å². The molecule has 1 aliphatic rings. The maximum atomic E-state index is 6.09. The molecule has 20 heavy (non-hydrogen) atoms. The Balaban J connectivity index is 2.00. The maximum absolute atomic E-state index is 6.09. The number of aliphatic imine (C=N–C) groups is 1. The summed E-state index contributed by atoms with van der Waals surface area (Å²) in [6, 6.07) is 10.7. The number of aryl methyl sites for hydroxylation is 1. The fourth-order valence-corrected chi connectivity index (χ4v) is 4.50. The predicted molar refractivity (Wildman–Crippen MR) is 92.6 cm³/mol. The molecule has 0 fully saturated rings. The van der Waals surface area contributed by atoms with E-state index in [2.05, 4.69) is 72.9 Å². The Morgan fingerprint density at radius 2 is 2.15 bits per heavy atom. The van der Waals surface area contributed by atoms with Gasteiger partial charge in [-0.2, -0.15) is 0 Å². The smallest absolute Gasteiger partial charge is 0.196 e.